The number of carbonyl (C=O) groups excluding carboxylic acids is 2. The molecule has 3 rings (SSSR count). The molecule has 2 aromatic heterocycles. The first kappa shape index (κ1) is 21.0. The molecule has 156 valence electrons. The lowest BCUT2D eigenvalue weighted by Gasteiger charge is -2.13. The molecule has 0 spiro atoms. The molecule has 30 heavy (non-hydrogen) atoms. The summed E-state index contributed by atoms with van der Waals surface area (Å²) in [6, 6.07) is 12.6. The fraction of sp³-hybridized carbons (Fsp3) is 0.286. The van der Waals surface area contributed by atoms with Crippen molar-refractivity contribution in [1.29, 1.82) is 0 Å². The van der Waals surface area contributed by atoms with Gasteiger partial charge in [-0.3, -0.25) is 4.79 Å². The van der Waals surface area contributed by atoms with Crippen LogP contribution in [-0.4, -0.2) is 44.7 Å². The topological polar surface area (TPSA) is 112 Å². The number of nitrogens with zero attached hydrogens (tertiary/aromatic N) is 4. The lowest BCUT2D eigenvalue weighted by molar-refractivity contribution is -0.143. The number of ether oxygens (including phenoxy) is 1. The molecule has 1 N–H and O–H groups in total. The molecule has 1 amide bonds. The van der Waals surface area contributed by atoms with Crippen LogP contribution in [0.5, 0.6) is 0 Å². The monoisotopic (exact) mass is 409 g/mol. The summed E-state index contributed by atoms with van der Waals surface area (Å²) in [4.78, 5) is 24.9. The predicted molar refractivity (Wildman–Crippen MR) is 110 cm³/mol. The van der Waals surface area contributed by atoms with Crippen LogP contribution in [-0.2, 0) is 14.3 Å². The van der Waals surface area contributed by atoms with Crippen LogP contribution in [0.3, 0.4) is 0 Å². The fourth-order valence-electron chi connectivity index (χ4n) is 2.86. The highest BCUT2D eigenvalue weighted by molar-refractivity contribution is 6.15. The second-order valence-electron chi connectivity index (χ2n) is 6.66. The minimum absolute atomic E-state index is 0.00327. The van der Waals surface area contributed by atoms with E-state index < -0.39 is 12.6 Å². The molecule has 0 fully saturated rings. The molecule has 0 unspecified atom stereocenters. The largest absolute Gasteiger partial charge is 0.465 e. The highest BCUT2D eigenvalue weighted by Gasteiger charge is 2.22. The zero-order valence-corrected chi connectivity index (χ0v) is 16.8. The highest BCUT2D eigenvalue weighted by atomic mass is 16.5. The molecule has 0 saturated heterocycles. The summed E-state index contributed by atoms with van der Waals surface area (Å²) in [5.41, 5.74) is 0.731. The third-order valence-corrected chi connectivity index (χ3v) is 4.22. The van der Waals surface area contributed by atoms with Crippen LogP contribution in [0.1, 0.15) is 32.4 Å². The van der Waals surface area contributed by atoms with Gasteiger partial charge in [-0.2, -0.15) is 4.68 Å². The maximum atomic E-state index is 12.8. The zero-order valence-electron chi connectivity index (χ0n) is 16.8. The molecule has 0 aliphatic carbocycles. The van der Waals surface area contributed by atoms with Gasteiger partial charge in [0.15, 0.2) is 18.1 Å². The molecule has 0 bridgehead atoms. The van der Waals surface area contributed by atoms with E-state index in [0.29, 0.717) is 17.1 Å². The van der Waals surface area contributed by atoms with Crippen molar-refractivity contribution in [1.82, 2.24) is 25.5 Å². The molecular formula is C21H23N5O4. The zero-order chi connectivity index (χ0) is 21.3. The summed E-state index contributed by atoms with van der Waals surface area (Å²) in [5.74, 6) is -0.361. The predicted octanol–water partition coefficient (Wildman–Crippen LogP) is 2.78. The van der Waals surface area contributed by atoms with Gasteiger partial charge in [-0.25, -0.2) is 4.79 Å². The number of furan rings is 1. The first-order chi connectivity index (χ1) is 14.6. The van der Waals surface area contributed by atoms with E-state index in [2.05, 4.69) is 20.8 Å². The van der Waals surface area contributed by atoms with Gasteiger partial charge in [0, 0.05) is 17.7 Å². The Balaban J connectivity index is 1.82. The van der Waals surface area contributed by atoms with Gasteiger partial charge in [0.25, 0.3) is 5.91 Å². The smallest absolute Gasteiger partial charge is 0.357 e. The van der Waals surface area contributed by atoms with E-state index in [9.17, 15) is 9.59 Å². The van der Waals surface area contributed by atoms with Crippen molar-refractivity contribution >= 4 is 23.6 Å². The molecule has 0 aliphatic rings. The number of esters is 1. The van der Waals surface area contributed by atoms with Gasteiger partial charge in [-0.05, 0) is 35.9 Å². The fourth-order valence-corrected chi connectivity index (χ4v) is 2.86. The Morgan fingerprint density at radius 1 is 1.23 bits per heavy atom. The third kappa shape index (κ3) is 5.40. The molecule has 0 radical (unpaired) electrons. The summed E-state index contributed by atoms with van der Waals surface area (Å²) < 4.78 is 11.8. The van der Waals surface area contributed by atoms with Gasteiger partial charge in [-0.1, -0.05) is 43.7 Å². The Kier molecular flexibility index (Phi) is 7.09. The van der Waals surface area contributed by atoms with E-state index in [4.69, 9.17) is 9.15 Å². The number of tetrazole rings is 1. The van der Waals surface area contributed by atoms with Gasteiger partial charge < -0.3 is 14.5 Å². The molecule has 1 atom stereocenters. The summed E-state index contributed by atoms with van der Waals surface area (Å²) in [5, 5.41) is 14.4. The Morgan fingerprint density at radius 3 is 2.73 bits per heavy atom. The van der Waals surface area contributed by atoms with Gasteiger partial charge in [0.2, 0.25) is 0 Å². The van der Waals surface area contributed by atoms with Crippen LogP contribution < -0.4 is 5.32 Å². The molecule has 2 heterocycles. The van der Waals surface area contributed by atoms with Gasteiger partial charge >= 0.3 is 5.97 Å². The molecule has 9 heteroatoms. The molecular weight excluding hydrogens is 386 g/mol. The third-order valence-electron chi connectivity index (χ3n) is 4.22. The minimum Gasteiger partial charge on any atom is -0.465 e. The Bertz CT molecular complexity index is 996. The number of hydrogen-bond acceptors (Lipinski definition) is 7. The van der Waals surface area contributed by atoms with Gasteiger partial charge in [0.1, 0.15) is 5.76 Å². The highest BCUT2D eigenvalue weighted by Crippen LogP contribution is 2.21. The number of rotatable bonds is 9. The van der Waals surface area contributed by atoms with Crippen molar-refractivity contribution in [2.24, 2.45) is 0 Å². The lowest BCUT2D eigenvalue weighted by Crippen LogP contribution is -2.36. The van der Waals surface area contributed by atoms with E-state index in [1.165, 1.54) is 17.0 Å². The van der Waals surface area contributed by atoms with E-state index in [1.807, 2.05) is 44.2 Å². The summed E-state index contributed by atoms with van der Waals surface area (Å²) in [6.07, 6.45) is 4.73. The van der Waals surface area contributed by atoms with Crippen LogP contribution in [0.15, 0.2) is 53.1 Å². The average molecular weight is 409 g/mol. The number of hydrogen-bond donors (Lipinski definition) is 1. The van der Waals surface area contributed by atoms with Crippen molar-refractivity contribution in [3.63, 3.8) is 0 Å². The number of aromatic nitrogens is 4. The lowest BCUT2D eigenvalue weighted by atomic mass is 10.2. The van der Waals surface area contributed by atoms with Crippen LogP contribution in [0.25, 0.3) is 23.2 Å². The molecule has 9 nitrogen and oxygen atoms in total. The standard InChI is InChI=1S/C21H23N5O4/c1-3-8-15(2)22-19(27)14-30-21(28)18(13-17-11-7-12-29-17)26-20(23-24-25-26)16-9-5-4-6-10-16/h4-7,9-13,15H,3,8,14H2,1-2H3,(H,22,27)/b18-13-/t15-/m1/s1. The quantitative estimate of drug-likeness (QED) is 0.427. The van der Waals surface area contributed by atoms with E-state index in [-0.39, 0.29) is 17.6 Å². The number of amides is 1. The van der Waals surface area contributed by atoms with Crippen molar-refractivity contribution < 1.29 is 18.7 Å². The molecule has 1 aromatic carbocycles. The number of benzene rings is 1. The second-order valence-corrected chi connectivity index (χ2v) is 6.66. The van der Waals surface area contributed by atoms with E-state index in [1.54, 1.807) is 12.1 Å². The first-order valence-electron chi connectivity index (χ1n) is 9.64. The van der Waals surface area contributed by atoms with Crippen LogP contribution in [0.4, 0.5) is 0 Å². The molecule has 0 aliphatic heterocycles. The summed E-state index contributed by atoms with van der Waals surface area (Å²) in [7, 11) is 0. The van der Waals surface area contributed by atoms with Crippen LogP contribution in [0.2, 0.25) is 0 Å². The second kappa shape index (κ2) is 10.1. The van der Waals surface area contributed by atoms with E-state index >= 15 is 0 Å². The Labute approximate surface area is 173 Å². The van der Waals surface area contributed by atoms with Crippen LogP contribution in [0, 0.1) is 0 Å². The summed E-state index contributed by atoms with van der Waals surface area (Å²) >= 11 is 0. The molecule has 3 aromatic rings. The minimum atomic E-state index is -0.755. The average Bonchev–Trinajstić information content (AvgIpc) is 3.43. The van der Waals surface area contributed by atoms with Crippen molar-refractivity contribution in [3.8, 4) is 11.4 Å². The molecule has 0 saturated carbocycles. The van der Waals surface area contributed by atoms with Crippen molar-refractivity contribution in [3.05, 3.63) is 54.5 Å². The normalized spacial score (nSPS) is 12.4. The van der Waals surface area contributed by atoms with Crippen LogP contribution >= 0.6 is 0 Å². The Morgan fingerprint density at radius 2 is 2.03 bits per heavy atom. The van der Waals surface area contributed by atoms with E-state index in [0.717, 1.165) is 12.8 Å². The summed E-state index contributed by atoms with van der Waals surface area (Å²) in [6.45, 7) is 3.52. The van der Waals surface area contributed by atoms with Crippen molar-refractivity contribution in [2.45, 2.75) is 32.7 Å². The van der Waals surface area contributed by atoms with Gasteiger partial charge in [0.05, 0.1) is 6.26 Å². The number of carbonyl (C=O) groups is 2. The van der Waals surface area contributed by atoms with Crippen molar-refractivity contribution in [2.75, 3.05) is 6.61 Å². The SMILES string of the molecule is CCC[C@@H](C)NC(=O)COC(=O)/C(=C/c1ccco1)n1nnnc1-c1ccccc1. The number of nitrogens with one attached hydrogen (secondary N) is 1. The maximum absolute atomic E-state index is 12.8. The Hall–Kier alpha value is -3.75. The van der Waals surface area contributed by atoms with Gasteiger partial charge in [-0.15, -0.1) is 5.10 Å². The first-order valence-corrected chi connectivity index (χ1v) is 9.64. The maximum Gasteiger partial charge on any atom is 0.357 e.